The van der Waals surface area contributed by atoms with Crippen molar-refractivity contribution in [1.29, 1.82) is 0 Å². The maximum atomic E-state index is 12.2. The van der Waals surface area contributed by atoms with Gasteiger partial charge in [0, 0.05) is 10.6 Å². The summed E-state index contributed by atoms with van der Waals surface area (Å²) >= 11 is 0.425. The fourth-order valence-electron chi connectivity index (χ4n) is 2.17. The van der Waals surface area contributed by atoms with Crippen LogP contribution in [0.15, 0.2) is 47.4 Å². The van der Waals surface area contributed by atoms with Crippen molar-refractivity contribution in [3.05, 3.63) is 59.2 Å². The number of rotatable bonds is 6. The van der Waals surface area contributed by atoms with Gasteiger partial charge in [-0.25, -0.2) is 4.79 Å². The average molecular weight is 365 g/mol. The van der Waals surface area contributed by atoms with Crippen LogP contribution >= 0.6 is 11.8 Å². The highest BCUT2D eigenvalue weighted by atomic mass is 32.2. The van der Waals surface area contributed by atoms with Crippen LogP contribution in [0.2, 0.25) is 0 Å². The fraction of sp³-hybridized carbons (Fsp3) is 0.222. The maximum Gasteiger partial charge on any atom is 0.338 e. The van der Waals surface area contributed by atoms with E-state index in [1.807, 2.05) is 13.0 Å². The Morgan fingerprint density at radius 2 is 1.80 bits per heavy atom. The molecule has 0 unspecified atom stereocenters. The first-order valence-corrected chi connectivity index (χ1v) is 8.32. The van der Waals surface area contributed by atoms with E-state index in [2.05, 4.69) is 5.32 Å². The van der Waals surface area contributed by atoms with Crippen molar-refractivity contribution < 1.29 is 23.1 Å². The summed E-state index contributed by atoms with van der Waals surface area (Å²) in [4.78, 5) is 24.2. The van der Waals surface area contributed by atoms with E-state index in [0.29, 0.717) is 27.9 Å². The quantitative estimate of drug-likeness (QED) is 0.608. The number of halogens is 2. The van der Waals surface area contributed by atoms with E-state index in [4.69, 9.17) is 4.74 Å². The van der Waals surface area contributed by atoms with Crippen molar-refractivity contribution in [2.45, 2.75) is 24.5 Å². The van der Waals surface area contributed by atoms with Gasteiger partial charge in [0.15, 0.2) is 6.61 Å². The number of esters is 1. The molecule has 0 aromatic heterocycles. The molecule has 132 valence electrons. The van der Waals surface area contributed by atoms with E-state index in [-0.39, 0.29) is 0 Å². The number of benzene rings is 2. The Balaban J connectivity index is 1.86. The summed E-state index contributed by atoms with van der Waals surface area (Å²) in [5.74, 6) is -3.58. The number of amides is 1. The summed E-state index contributed by atoms with van der Waals surface area (Å²) < 4.78 is 29.5. The molecule has 25 heavy (non-hydrogen) atoms. The topological polar surface area (TPSA) is 55.4 Å². The van der Waals surface area contributed by atoms with Gasteiger partial charge in [0.05, 0.1) is 5.56 Å². The van der Waals surface area contributed by atoms with E-state index in [0.717, 1.165) is 11.1 Å². The largest absolute Gasteiger partial charge is 0.452 e. The van der Waals surface area contributed by atoms with Crippen molar-refractivity contribution in [2.24, 2.45) is 0 Å². The summed E-state index contributed by atoms with van der Waals surface area (Å²) in [5, 5.41) is 2.54. The summed E-state index contributed by atoms with van der Waals surface area (Å²) in [6, 6.07) is 11.3. The van der Waals surface area contributed by atoms with E-state index < -0.39 is 24.2 Å². The summed E-state index contributed by atoms with van der Waals surface area (Å²) in [7, 11) is 0. The minimum atomic E-state index is -2.50. The molecule has 0 fully saturated rings. The molecule has 0 saturated heterocycles. The van der Waals surface area contributed by atoms with Crippen molar-refractivity contribution in [3.8, 4) is 0 Å². The van der Waals surface area contributed by atoms with Crippen LogP contribution in [0, 0.1) is 13.8 Å². The highest BCUT2D eigenvalue weighted by Gasteiger charge is 2.13. The molecule has 2 rings (SSSR count). The Labute approximate surface area is 148 Å². The highest BCUT2D eigenvalue weighted by molar-refractivity contribution is 7.99. The zero-order chi connectivity index (χ0) is 18.4. The summed E-state index contributed by atoms with van der Waals surface area (Å²) in [5.41, 5.74) is 2.65. The maximum absolute atomic E-state index is 12.2. The van der Waals surface area contributed by atoms with Gasteiger partial charge in [-0.1, -0.05) is 29.5 Å². The number of anilines is 1. The number of hydrogen-bond donors (Lipinski definition) is 1. The molecule has 1 amide bonds. The number of thioether (sulfide) groups is 1. The van der Waals surface area contributed by atoms with E-state index in [1.54, 1.807) is 19.1 Å². The lowest BCUT2D eigenvalue weighted by atomic mass is 10.1. The molecule has 0 saturated carbocycles. The summed E-state index contributed by atoms with van der Waals surface area (Å²) in [6.07, 6.45) is 0. The van der Waals surface area contributed by atoms with Gasteiger partial charge in [0.1, 0.15) is 0 Å². The third-order valence-corrected chi connectivity index (χ3v) is 4.02. The Morgan fingerprint density at radius 3 is 2.40 bits per heavy atom. The van der Waals surface area contributed by atoms with Crippen LogP contribution in [0.3, 0.4) is 0 Å². The Hall–Kier alpha value is -2.41. The molecule has 0 aliphatic rings. The van der Waals surface area contributed by atoms with Crippen LogP contribution < -0.4 is 5.32 Å². The van der Waals surface area contributed by atoms with Crippen molar-refractivity contribution in [2.75, 3.05) is 11.9 Å². The standard InChI is InChI=1S/C18H17F2NO3S/c1-11-3-8-15(12(2)9-11)17(23)24-10-16(22)21-13-4-6-14(7-5-13)25-18(19)20/h3-9,18H,10H2,1-2H3,(H,21,22). The molecule has 0 radical (unpaired) electrons. The Morgan fingerprint density at radius 1 is 1.12 bits per heavy atom. The van der Waals surface area contributed by atoms with E-state index >= 15 is 0 Å². The molecule has 0 heterocycles. The molecule has 7 heteroatoms. The number of nitrogens with one attached hydrogen (secondary N) is 1. The second kappa shape index (κ2) is 8.62. The third kappa shape index (κ3) is 5.86. The number of aryl methyl sites for hydroxylation is 2. The van der Waals surface area contributed by atoms with Gasteiger partial charge in [-0.3, -0.25) is 4.79 Å². The Bertz CT molecular complexity index is 763. The lowest BCUT2D eigenvalue weighted by molar-refractivity contribution is -0.119. The van der Waals surface area contributed by atoms with Gasteiger partial charge >= 0.3 is 5.97 Å². The molecule has 1 N–H and O–H groups in total. The number of carbonyl (C=O) groups is 2. The second-order valence-electron chi connectivity index (χ2n) is 5.35. The zero-order valence-electron chi connectivity index (χ0n) is 13.7. The van der Waals surface area contributed by atoms with Gasteiger partial charge in [-0.05, 0) is 49.7 Å². The minimum Gasteiger partial charge on any atom is -0.452 e. The molecule has 0 bridgehead atoms. The molecule has 4 nitrogen and oxygen atoms in total. The molecule has 0 aliphatic carbocycles. The predicted molar refractivity (Wildman–Crippen MR) is 93.1 cm³/mol. The third-order valence-electron chi connectivity index (χ3n) is 3.30. The van der Waals surface area contributed by atoms with Crippen molar-refractivity contribution >= 4 is 29.3 Å². The molecule has 2 aromatic rings. The first-order chi connectivity index (χ1) is 11.8. The van der Waals surface area contributed by atoms with Gasteiger partial charge in [0.2, 0.25) is 0 Å². The van der Waals surface area contributed by atoms with Crippen molar-refractivity contribution in [1.82, 2.24) is 0 Å². The van der Waals surface area contributed by atoms with Crippen LogP contribution in [0.4, 0.5) is 14.5 Å². The molecule has 0 spiro atoms. The SMILES string of the molecule is Cc1ccc(C(=O)OCC(=O)Nc2ccc(SC(F)F)cc2)c(C)c1. The van der Waals surface area contributed by atoms with Crippen LogP contribution in [0.1, 0.15) is 21.5 Å². The number of alkyl halides is 2. The fourth-order valence-corrected chi connectivity index (χ4v) is 2.67. The predicted octanol–water partition coefficient (Wildman–Crippen LogP) is 4.41. The number of hydrogen-bond acceptors (Lipinski definition) is 4. The second-order valence-corrected chi connectivity index (χ2v) is 6.41. The highest BCUT2D eigenvalue weighted by Crippen LogP contribution is 2.26. The minimum absolute atomic E-state index is 0.397. The Kier molecular flexibility index (Phi) is 6.52. The van der Waals surface area contributed by atoms with Gasteiger partial charge < -0.3 is 10.1 Å². The first kappa shape index (κ1) is 18.9. The average Bonchev–Trinajstić information content (AvgIpc) is 2.54. The first-order valence-electron chi connectivity index (χ1n) is 7.44. The molecular formula is C18H17F2NO3S. The zero-order valence-corrected chi connectivity index (χ0v) is 14.5. The van der Waals surface area contributed by atoms with Crippen molar-refractivity contribution in [3.63, 3.8) is 0 Å². The molecule has 2 aromatic carbocycles. The van der Waals surface area contributed by atoms with Crippen LogP contribution in [0.5, 0.6) is 0 Å². The number of carbonyl (C=O) groups excluding carboxylic acids is 2. The van der Waals surface area contributed by atoms with E-state index in [9.17, 15) is 18.4 Å². The molecular weight excluding hydrogens is 348 g/mol. The smallest absolute Gasteiger partial charge is 0.338 e. The lowest BCUT2D eigenvalue weighted by Crippen LogP contribution is -2.21. The van der Waals surface area contributed by atoms with Crippen LogP contribution in [0.25, 0.3) is 0 Å². The molecule has 0 atom stereocenters. The van der Waals surface area contributed by atoms with Crippen LogP contribution in [-0.4, -0.2) is 24.2 Å². The van der Waals surface area contributed by atoms with E-state index in [1.165, 1.54) is 24.3 Å². The van der Waals surface area contributed by atoms with Crippen LogP contribution in [-0.2, 0) is 9.53 Å². The monoisotopic (exact) mass is 365 g/mol. The normalized spacial score (nSPS) is 10.6. The van der Waals surface area contributed by atoms with Gasteiger partial charge in [0.25, 0.3) is 11.7 Å². The van der Waals surface area contributed by atoms with Gasteiger partial charge in [-0.15, -0.1) is 0 Å². The lowest BCUT2D eigenvalue weighted by Gasteiger charge is -2.09. The number of ether oxygens (including phenoxy) is 1. The molecule has 0 aliphatic heterocycles. The van der Waals surface area contributed by atoms with Gasteiger partial charge in [-0.2, -0.15) is 8.78 Å². The summed E-state index contributed by atoms with van der Waals surface area (Å²) in [6.45, 7) is 3.28.